The van der Waals surface area contributed by atoms with E-state index in [1.807, 2.05) is 49.4 Å². The van der Waals surface area contributed by atoms with E-state index in [0.29, 0.717) is 56.0 Å². The molecule has 5 fully saturated rings. The van der Waals surface area contributed by atoms with E-state index in [4.69, 9.17) is 14.5 Å². The predicted molar refractivity (Wildman–Crippen MR) is 230 cm³/mol. The van der Waals surface area contributed by atoms with Gasteiger partial charge in [0.05, 0.1) is 22.7 Å². The first kappa shape index (κ1) is 42.3. The summed E-state index contributed by atoms with van der Waals surface area (Å²) in [4.78, 5) is 77.9. The minimum atomic E-state index is -3.90. The average molecular weight is 871 g/mol. The Morgan fingerprint density at radius 3 is 2.35 bits per heavy atom. The number of carbonyl (C=O) groups excluding carboxylic acids is 4. The van der Waals surface area contributed by atoms with Crippen LogP contribution in [-0.4, -0.2) is 88.3 Å². The third-order valence-corrected chi connectivity index (χ3v) is 16.2. The minimum Gasteiger partial charge on any atom is -0.459 e. The number of fused-ring (bicyclic) bond motifs is 5. The van der Waals surface area contributed by atoms with Gasteiger partial charge in [-0.2, -0.15) is 4.98 Å². The van der Waals surface area contributed by atoms with Gasteiger partial charge >= 0.3 is 6.09 Å². The maximum atomic E-state index is 15.0. The molecule has 3 heterocycles. The number of hydrogen-bond donors (Lipinski definition) is 3. The van der Waals surface area contributed by atoms with Gasteiger partial charge in [0, 0.05) is 13.0 Å². The van der Waals surface area contributed by atoms with E-state index >= 15 is 4.79 Å². The van der Waals surface area contributed by atoms with Crippen LogP contribution in [0.25, 0.3) is 22.0 Å². The van der Waals surface area contributed by atoms with Gasteiger partial charge in [-0.05, 0) is 105 Å². The van der Waals surface area contributed by atoms with E-state index in [9.17, 15) is 27.6 Å². The highest BCUT2D eigenvalue weighted by molar-refractivity contribution is 7.91. The summed E-state index contributed by atoms with van der Waals surface area (Å²) in [5.74, 6) is -2.16. The molecule has 16 heteroatoms. The molecule has 1 saturated heterocycles. The zero-order valence-corrected chi connectivity index (χ0v) is 36.2. The fraction of sp³-hybridized carbons (Fsp3) is 0.609. The van der Waals surface area contributed by atoms with E-state index in [-0.39, 0.29) is 54.8 Å². The molecule has 3 aromatic rings. The third-order valence-electron chi connectivity index (χ3n) is 14.4. The Morgan fingerprint density at radius 1 is 0.871 bits per heavy atom. The van der Waals surface area contributed by atoms with Crippen LogP contribution in [0.1, 0.15) is 110 Å². The summed E-state index contributed by atoms with van der Waals surface area (Å²) in [5.41, 5.74) is 0.587. The van der Waals surface area contributed by atoms with Crippen LogP contribution in [0, 0.1) is 17.8 Å². The Bertz CT molecular complexity index is 2380. The number of sulfonamides is 1. The normalized spacial score (nSPS) is 29.7. The fourth-order valence-corrected chi connectivity index (χ4v) is 12.0. The van der Waals surface area contributed by atoms with Gasteiger partial charge in [0.1, 0.15) is 29.8 Å². The molecule has 2 aliphatic heterocycles. The lowest BCUT2D eigenvalue weighted by Gasteiger charge is -2.32. The van der Waals surface area contributed by atoms with Crippen molar-refractivity contribution in [3.05, 3.63) is 58.9 Å². The molecule has 4 aliphatic carbocycles. The molecule has 15 nitrogen and oxygen atoms in total. The number of ether oxygens (including phenoxy) is 2. The number of carbonyl (C=O) groups is 4. The molecule has 0 radical (unpaired) electrons. The molecular weight excluding hydrogens is 813 g/mol. The lowest BCUT2D eigenvalue weighted by atomic mass is 9.96. The van der Waals surface area contributed by atoms with E-state index in [2.05, 4.69) is 15.4 Å². The molecule has 62 heavy (non-hydrogen) atoms. The van der Waals surface area contributed by atoms with Gasteiger partial charge in [0.2, 0.25) is 21.8 Å². The molecule has 7 atom stereocenters. The highest BCUT2D eigenvalue weighted by Crippen LogP contribution is 2.47. The summed E-state index contributed by atoms with van der Waals surface area (Å²) in [6, 6.07) is 13.3. The van der Waals surface area contributed by atoms with Gasteiger partial charge in [-0.1, -0.05) is 75.4 Å². The van der Waals surface area contributed by atoms with Crippen molar-refractivity contribution in [2.75, 3.05) is 6.54 Å². The van der Waals surface area contributed by atoms with E-state index in [1.54, 1.807) is 10.6 Å². The number of nitrogens with zero attached hydrogens (tertiary/aromatic N) is 3. The summed E-state index contributed by atoms with van der Waals surface area (Å²) in [7, 11) is -3.90. The second-order valence-corrected chi connectivity index (χ2v) is 20.5. The molecule has 0 spiro atoms. The average Bonchev–Trinajstić information content (AvgIpc) is 4.05. The van der Waals surface area contributed by atoms with E-state index in [1.165, 1.54) is 4.90 Å². The van der Waals surface area contributed by atoms with Crippen LogP contribution < -0.4 is 25.7 Å². The first-order chi connectivity index (χ1) is 29.9. The van der Waals surface area contributed by atoms with Gasteiger partial charge in [0.15, 0.2) is 0 Å². The Hall–Kier alpha value is -4.99. The summed E-state index contributed by atoms with van der Waals surface area (Å²) >= 11 is 0. The van der Waals surface area contributed by atoms with E-state index < -0.39 is 62.8 Å². The zero-order chi connectivity index (χ0) is 43.2. The Balaban J connectivity index is 1.07. The van der Waals surface area contributed by atoms with Crippen molar-refractivity contribution >= 4 is 44.7 Å². The third kappa shape index (κ3) is 8.55. The number of nitrogens with one attached hydrogen (secondary N) is 3. The van der Waals surface area contributed by atoms with Crippen LogP contribution in [0.5, 0.6) is 6.01 Å². The molecular formula is C46H58N6O9S. The number of benzene rings is 2. The summed E-state index contributed by atoms with van der Waals surface area (Å²) < 4.78 is 42.3. The fourth-order valence-electron chi connectivity index (χ4n) is 10.6. The molecule has 3 N–H and O–H groups in total. The van der Waals surface area contributed by atoms with Gasteiger partial charge in [-0.3, -0.25) is 28.5 Å². The van der Waals surface area contributed by atoms with Crippen molar-refractivity contribution in [2.45, 2.75) is 151 Å². The lowest BCUT2D eigenvalue weighted by Crippen LogP contribution is -2.59. The van der Waals surface area contributed by atoms with Crippen molar-refractivity contribution < 1.29 is 37.1 Å². The van der Waals surface area contributed by atoms with Crippen molar-refractivity contribution in [3.63, 3.8) is 0 Å². The smallest absolute Gasteiger partial charge is 0.408 e. The first-order valence-corrected chi connectivity index (χ1v) is 24.4. The molecule has 6 aliphatic rings. The maximum absolute atomic E-state index is 15.0. The second-order valence-electron chi connectivity index (χ2n) is 18.5. The number of alkyl carbamates (subject to hydrolysis) is 1. The highest BCUT2D eigenvalue weighted by Gasteiger charge is 2.62. The van der Waals surface area contributed by atoms with Crippen LogP contribution in [0.15, 0.2) is 53.3 Å². The van der Waals surface area contributed by atoms with E-state index in [0.717, 1.165) is 62.5 Å². The van der Waals surface area contributed by atoms with Crippen LogP contribution in [0.4, 0.5) is 4.79 Å². The standard InChI is InChI=1S/C46H58N6O9S/c1-2-32-26-46(32,43(56)50-62(58,59)34-20-21-34)49-40(53)37-25-33-27-52(37)42(55)39(30-15-8-9-16-30)48-45(57)61-38-18-11-17-29(38)14-7-4-10-23-51-41(54)35-22-19-31(28-12-5-3-6-13-28)24-36(35)47-44(51)60-33/h3,5-6,12-13,19,22,24,29-30,32-34,37-39H,2,4,7-11,14-18,20-21,23,25-27H2,1H3,(H,48,57)(H,49,53)(H,50,56)/t29-,32-,33-,37+,38-,39+,46-/m1/s1. The first-order valence-electron chi connectivity index (χ1n) is 22.9. The Labute approximate surface area is 362 Å². The molecule has 4 amide bonds. The maximum Gasteiger partial charge on any atom is 0.408 e. The topological polar surface area (TPSA) is 195 Å². The van der Waals surface area contributed by atoms with Gasteiger partial charge in [0.25, 0.3) is 17.5 Å². The van der Waals surface area contributed by atoms with Crippen molar-refractivity contribution in [2.24, 2.45) is 17.8 Å². The minimum absolute atomic E-state index is 0.00398. The largest absolute Gasteiger partial charge is 0.459 e. The van der Waals surface area contributed by atoms with Crippen LogP contribution in [0.3, 0.4) is 0 Å². The van der Waals surface area contributed by atoms with Crippen LogP contribution >= 0.6 is 0 Å². The number of aromatic nitrogens is 2. The molecule has 2 bridgehead atoms. The molecule has 4 saturated carbocycles. The molecule has 9 rings (SSSR count). The molecule has 1 aromatic heterocycles. The van der Waals surface area contributed by atoms with Gasteiger partial charge in [-0.25, -0.2) is 13.2 Å². The van der Waals surface area contributed by atoms with Crippen molar-refractivity contribution in [1.82, 2.24) is 29.8 Å². The van der Waals surface area contributed by atoms with Gasteiger partial charge < -0.3 is 25.0 Å². The summed E-state index contributed by atoms with van der Waals surface area (Å²) in [6.45, 7) is 2.15. The molecule has 0 unspecified atom stereocenters. The van der Waals surface area contributed by atoms with Crippen molar-refractivity contribution in [3.8, 4) is 17.1 Å². The molecule has 332 valence electrons. The SMILES string of the molecule is CC[C@@H]1C[C@]1(NC(=O)[C@@H]1C[C@@H]2CN1C(=O)[C@H](C1CCCC1)NC(=O)O[C@@H]1CCC[C@H]1CCCCCn1c(nc3cc(-c4ccccc4)ccc3c1=O)O2)C(=O)NS(=O)(=O)C1CC1. The lowest BCUT2D eigenvalue weighted by molar-refractivity contribution is -0.142. The highest BCUT2D eigenvalue weighted by atomic mass is 32.2. The number of amides is 4. The Morgan fingerprint density at radius 2 is 1.61 bits per heavy atom. The summed E-state index contributed by atoms with van der Waals surface area (Å²) in [5, 5.41) is 5.69. The van der Waals surface area contributed by atoms with Crippen molar-refractivity contribution in [1.29, 1.82) is 0 Å². The number of hydrogen-bond acceptors (Lipinski definition) is 10. The van der Waals surface area contributed by atoms with Gasteiger partial charge in [-0.15, -0.1) is 0 Å². The van der Waals surface area contributed by atoms with Crippen LogP contribution in [-0.2, 0) is 35.7 Å². The summed E-state index contributed by atoms with van der Waals surface area (Å²) in [6.07, 6.45) is 9.09. The number of rotatable bonds is 8. The zero-order valence-electron chi connectivity index (χ0n) is 35.4. The monoisotopic (exact) mass is 870 g/mol. The quantitative estimate of drug-likeness (QED) is 0.266. The van der Waals surface area contributed by atoms with Crippen LogP contribution in [0.2, 0.25) is 0 Å². The Kier molecular flexibility index (Phi) is 11.8. The molecule has 2 aromatic carbocycles. The predicted octanol–water partition coefficient (Wildman–Crippen LogP) is 5.33. The second kappa shape index (κ2) is 17.3.